The first-order valence-electron chi connectivity index (χ1n) is 9.60. The third-order valence-electron chi connectivity index (χ3n) is 6.30. The molecule has 0 unspecified atom stereocenters. The lowest BCUT2D eigenvalue weighted by molar-refractivity contribution is 0.0400. The Morgan fingerprint density at radius 1 is 1.07 bits per heavy atom. The number of ether oxygens (including phenoxy) is 5. The summed E-state index contributed by atoms with van der Waals surface area (Å²) in [4.78, 5) is 14.0. The van der Waals surface area contributed by atoms with E-state index >= 15 is 0 Å². The average molecular weight is 396 g/mol. The van der Waals surface area contributed by atoms with E-state index in [-0.39, 0.29) is 25.5 Å². The van der Waals surface area contributed by atoms with Gasteiger partial charge in [0.1, 0.15) is 6.10 Å². The Balaban J connectivity index is 1.53. The van der Waals surface area contributed by atoms with Gasteiger partial charge in [-0.3, -0.25) is 4.90 Å². The molecule has 0 fully saturated rings. The molecule has 1 aliphatic carbocycles. The number of nitrogens with zero attached hydrogens (tertiary/aromatic N) is 1. The van der Waals surface area contributed by atoms with E-state index in [0.29, 0.717) is 13.0 Å². The van der Waals surface area contributed by atoms with Crippen LogP contribution >= 0.6 is 0 Å². The Bertz CT molecular complexity index is 1040. The maximum Gasteiger partial charge on any atom is 0.404 e. The lowest BCUT2D eigenvalue weighted by Gasteiger charge is -2.47. The number of primary amides is 1. The maximum atomic E-state index is 11.7. The van der Waals surface area contributed by atoms with Crippen molar-refractivity contribution >= 4 is 6.09 Å². The van der Waals surface area contributed by atoms with Crippen LogP contribution in [0.3, 0.4) is 0 Å². The third-order valence-corrected chi connectivity index (χ3v) is 6.30. The Morgan fingerprint density at radius 2 is 1.83 bits per heavy atom. The molecule has 3 heterocycles. The van der Waals surface area contributed by atoms with Crippen LogP contribution in [0.4, 0.5) is 4.79 Å². The normalized spacial score (nSPS) is 25.8. The largest absolute Gasteiger partial charge is 0.454 e. The molecule has 29 heavy (non-hydrogen) atoms. The van der Waals surface area contributed by atoms with Crippen molar-refractivity contribution in [3.8, 4) is 23.0 Å². The number of rotatable bonds is 1. The molecule has 0 saturated carbocycles. The zero-order valence-corrected chi connectivity index (χ0v) is 15.8. The van der Waals surface area contributed by atoms with E-state index < -0.39 is 12.2 Å². The van der Waals surface area contributed by atoms with Gasteiger partial charge >= 0.3 is 6.09 Å². The molecule has 0 aromatic heterocycles. The van der Waals surface area contributed by atoms with Gasteiger partial charge in [0.15, 0.2) is 23.0 Å². The Morgan fingerprint density at radius 3 is 2.66 bits per heavy atom. The number of likely N-dealkylation sites (N-methyl/N-ethyl adjacent to an activating group) is 1. The number of benzene rings is 2. The average Bonchev–Trinajstić information content (AvgIpc) is 3.34. The lowest BCUT2D eigenvalue weighted by Crippen LogP contribution is -2.45. The quantitative estimate of drug-likeness (QED) is 0.791. The first kappa shape index (κ1) is 16.8. The van der Waals surface area contributed by atoms with E-state index in [1.807, 2.05) is 12.1 Å². The Kier molecular flexibility index (Phi) is 3.44. The van der Waals surface area contributed by atoms with Crippen molar-refractivity contribution in [3.05, 3.63) is 46.5 Å². The predicted molar refractivity (Wildman–Crippen MR) is 100 cm³/mol. The predicted octanol–water partition coefficient (Wildman–Crippen LogP) is 2.43. The van der Waals surface area contributed by atoms with Crippen LogP contribution in [0.2, 0.25) is 0 Å². The molecule has 3 atom stereocenters. The molecule has 2 aromatic rings. The molecule has 6 rings (SSSR count). The molecule has 4 aliphatic rings. The van der Waals surface area contributed by atoms with Crippen LogP contribution in [0.1, 0.15) is 34.2 Å². The number of amides is 1. The summed E-state index contributed by atoms with van der Waals surface area (Å²) < 4.78 is 28.1. The minimum absolute atomic E-state index is 0.00507. The second kappa shape index (κ2) is 5.93. The maximum absolute atomic E-state index is 11.7. The molecule has 2 N–H and O–H groups in total. The van der Waals surface area contributed by atoms with Crippen molar-refractivity contribution in [1.29, 1.82) is 0 Å². The van der Waals surface area contributed by atoms with Crippen molar-refractivity contribution in [3.63, 3.8) is 0 Å². The molecule has 150 valence electrons. The summed E-state index contributed by atoms with van der Waals surface area (Å²) >= 11 is 0. The molecule has 3 aliphatic heterocycles. The zero-order chi connectivity index (χ0) is 19.7. The molecular formula is C21H20N2O6. The summed E-state index contributed by atoms with van der Waals surface area (Å²) in [6, 6.07) is 8.05. The van der Waals surface area contributed by atoms with Crippen LogP contribution in [0.15, 0.2) is 24.3 Å². The monoisotopic (exact) mass is 396 g/mol. The van der Waals surface area contributed by atoms with Gasteiger partial charge in [-0.15, -0.1) is 0 Å². The number of carbonyl (C=O) groups excluding carboxylic acids is 1. The summed E-state index contributed by atoms with van der Waals surface area (Å²) in [7, 11) is 2.07. The topological polar surface area (TPSA) is 92.5 Å². The second-order valence-electron chi connectivity index (χ2n) is 7.84. The van der Waals surface area contributed by atoms with Gasteiger partial charge in [0, 0.05) is 30.5 Å². The number of nitrogens with two attached hydrogens (primary N) is 1. The van der Waals surface area contributed by atoms with Gasteiger partial charge in [0.25, 0.3) is 0 Å². The summed E-state index contributed by atoms with van der Waals surface area (Å²) in [6.07, 6.45) is -0.613. The molecule has 2 aromatic carbocycles. The van der Waals surface area contributed by atoms with Crippen LogP contribution in [0.5, 0.6) is 23.0 Å². The van der Waals surface area contributed by atoms with Crippen LogP contribution < -0.4 is 24.7 Å². The molecular weight excluding hydrogens is 376 g/mol. The van der Waals surface area contributed by atoms with Crippen molar-refractivity contribution in [2.45, 2.75) is 31.0 Å². The van der Waals surface area contributed by atoms with Gasteiger partial charge in [-0.1, -0.05) is 6.07 Å². The smallest absolute Gasteiger partial charge is 0.404 e. The van der Waals surface area contributed by atoms with E-state index in [9.17, 15) is 4.79 Å². The fraction of sp³-hybridized carbons (Fsp3) is 0.381. The molecule has 0 spiro atoms. The molecule has 0 saturated heterocycles. The van der Waals surface area contributed by atoms with Gasteiger partial charge in [-0.25, -0.2) is 4.79 Å². The summed E-state index contributed by atoms with van der Waals surface area (Å²) in [5.74, 6) is 2.92. The van der Waals surface area contributed by atoms with Gasteiger partial charge in [0.2, 0.25) is 13.6 Å². The summed E-state index contributed by atoms with van der Waals surface area (Å²) in [6.45, 7) is 1.13. The van der Waals surface area contributed by atoms with Gasteiger partial charge < -0.3 is 29.4 Å². The van der Waals surface area contributed by atoms with Crippen molar-refractivity contribution in [1.82, 2.24) is 4.90 Å². The molecule has 8 nitrogen and oxygen atoms in total. The minimum Gasteiger partial charge on any atom is -0.454 e. The van der Waals surface area contributed by atoms with E-state index in [2.05, 4.69) is 24.1 Å². The fourth-order valence-electron chi connectivity index (χ4n) is 5.21. The van der Waals surface area contributed by atoms with Crippen molar-refractivity contribution < 1.29 is 28.5 Å². The van der Waals surface area contributed by atoms with Crippen molar-refractivity contribution in [2.24, 2.45) is 5.73 Å². The van der Waals surface area contributed by atoms with Crippen LogP contribution in [-0.2, 0) is 17.7 Å². The Hall–Kier alpha value is -3.13. The van der Waals surface area contributed by atoms with E-state index in [0.717, 1.165) is 45.3 Å². The highest BCUT2D eigenvalue weighted by Gasteiger charge is 2.47. The number of hydrogen-bond acceptors (Lipinski definition) is 7. The molecule has 1 amide bonds. The number of carbonyl (C=O) groups is 1. The van der Waals surface area contributed by atoms with Crippen LogP contribution in [0, 0.1) is 0 Å². The molecule has 8 heteroatoms. The van der Waals surface area contributed by atoms with Gasteiger partial charge in [-0.05, 0) is 41.9 Å². The van der Waals surface area contributed by atoms with Crippen LogP contribution in [0.25, 0.3) is 0 Å². The van der Waals surface area contributed by atoms with Gasteiger partial charge in [-0.2, -0.15) is 0 Å². The highest BCUT2D eigenvalue weighted by molar-refractivity contribution is 5.66. The molecule has 0 bridgehead atoms. The fourth-order valence-corrected chi connectivity index (χ4v) is 5.21. The third kappa shape index (κ3) is 2.38. The molecule has 0 radical (unpaired) electrons. The summed E-state index contributed by atoms with van der Waals surface area (Å²) in [5, 5.41) is 0. The lowest BCUT2D eigenvalue weighted by atomic mass is 9.70. The van der Waals surface area contributed by atoms with Gasteiger partial charge in [0.05, 0.1) is 0 Å². The van der Waals surface area contributed by atoms with E-state index in [4.69, 9.17) is 29.4 Å². The van der Waals surface area contributed by atoms with Crippen molar-refractivity contribution in [2.75, 3.05) is 20.6 Å². The standard InChI is InChI=1S/C21H20N2O6/c1-23-7-13-11(2-3-14-20(13)28-9-25-14)18-17(29-21(22)24)5-10-4-15-16(27-8-26-15)6-12(10)19(18)23/h2-4,6,17-19H,5,7-9H2,1H3,(H2,22,24)/t17-,18-,19+/m0/s1. The Labute approximate surface area is 167 Å². The number of fused-ring (bicyclic) bond motifs is 8. The van der Waals surface area contributed by atoms with E-state index in [1.54, 1.807) is 0 Å². The van der Waals surface area contributed by atoms with Crippen LogP contribution in [-0.4, -0.2) is 37.7 Å². The minimum atomic E-state index is -0.770. The second-order valence-corrected chi connectivity index (χ2v) is 7.84. The highest BCUT2D eigenvalue weighted by atomic mass is 16.7. The number of hydrogen-bond donors (Lipinski definition) is 1. The summed E-state index contributed by atoms with van der Waals surface area (Å²) in [5.41, 5.74) is 9.86. The first-order valence-corrected chi connectivity index (χ1v) is 9.60. The first-order chi connectivity index (χ1) is 14.1. The SMILES string of the molecule is CN1Cc2c(ccc3c2OCO3)[C@H]2[C@@H](OC(N)=O)Cc3cc4c(cc3[C@H]21)OCO4. The highest BCUT2D eigenvalue weighted by Crippen LogP contribution is 2.54. The van der Waals surface area contributed by atoms with E-state index in [1.165, 1.54) is 0 Å². The zero-order valence-electron chi connectivity index (χ0n) is 15.8.